The number of aryl methyl sites for hydroxylation is 3. The molecule has 21 heavy (non-hydrogen) atoms. The van der Waals surface area contributed by atoms with Gasteiger partial charge in [0.05, 0.1) is 0 Å². The predicted molar refractivity (Wildman–Crippen MR) is 87.3 cm³/mol. The highest BCUT2D eigenvalue weighted by atomic mass is 15.1. The van der Waals surface area contributed by atoms with Crippen molar-refractivity contribution >= 4 is 0 Å². The average molecular weight is 288 g/mol. The molecule has 0 amide bonds. The highest BCUT2D eigenvalue weighted by Gasteiger charge is 2.15. The summed E-state index contributed by atoms with van der Waals surface area (Å²) in [4.78, 5) is 4.26. The van der Waals surface area contributed by atoms with Crippen LogP contribution in [0.3, 0.4) is 0 Å². The summed E-state index contributed by atoms with van der Waals surface area (Å²) in [5, 5.41) is 3.65. The van der Waals surface area contributed by atoms with E-state index in [0.29, 0.717) is 12.0 Å². The molecule has 4 nitrogen and oxygen atoms in total. The first-order valence-corrected chi connectivity index (χ1v) is 7.98. The van der Waals surface area contributed by atoms with Crippen LogP contribution in [0.4, 0.5) is 0 Å². The number of imidazole rings is 1. The minimum Gasteiger partial charge on any atom is -0.352 e. The summed E-state index contributed by atoms with van der Waals surface area (Å²) < 4.78 is 4.46. The molecule has 0 aliphatic heterocycles. The Morgan fingerprint density at radius 1 is 1.24 bits per heavy atom. The molecule has 0 spiro atoms. The normalized spacial score (nSPS) is 13.0. The van der Waals surface area contributed by atoms with Gasteiger partial charge in [0.15, 0.2) is 0 Å². The Kier molecular flexibility index (Phi) is 5.62. The molecule has 0 bridgehead atoms. The van der Waals surface area contributed by atoms with Gasteiger partial charge in [-0.05, 0) is 37.4 Å². The number of nitrogens with zero attached hydrogens (tertiary/aromatic N) is 3. The molecule has 0 aliphatic rings. The van der Waals surface area contributed by atoms with Gasteiger partial charge in [-0.2, -0.15) is 0 Å². The van der Waals surface area contributed by atoms with Crippen molar-refractivity contribution in [2.24, 2.45) is 5.92 Å². The van der Waals surface area contributed by atoms with E-state index in [1.807, 2.05) is 19.3 Å². The van der Waals surface area contributed by atoms with Crippen LogP contribution in [-0.4, -0.2) is 20.7 Å². The van der Waals surface area contributed by atoms with Crippen LogP contribution in [0.2, 0.25) is 0 Å². The standard InChI is InChI=1S/C17H28N4/c1-5-7-19-17(14(2)3)16-6-9-20(13-16)11-12-21-10-8-18-15(21)4/h6,8-10,13-14,17,19H,5,7,11-12H2,1-4H3. The lowest BCUT2D eigenvalue weighted by Gasteiger charge is -2.21. The second-order valence-corrected chi connectivity index (χ2v) is 6.03. The first-order chi connectivity index (χ1) is 10.1. The van der Waals surface area contributed by atoms with Crippen LogP contribution in [0.5, 0.6) is 0 Å². The number of nitrogens with one attached hydrogen (secondary N) is 1. The molecule has 0 saturated heterocycles. The van der Waals surface area contributed by atoms with Crippen molar-refractivity contribution in [3.8, 4) is 0 Å². The summed E-state index contributed by atoms with van der Waals surface area (Å²) in [6.45, 7) is 11.8. The Morgan fingerprint density at radius 2 is 2.05 bits per heavy atom. The van der Waals surface area contributed by atoms with Crippen molar-refractivity contribution in [2.45, 2.75) is 53.2 Å². The third-order valence-electron chi connectivity index (χ3n) is 3.94. The van der Waals surface area contributed by atoms with E-state index in [0.717, 1.165) is 25.5 Å². The monoisotopic (exact) mass is 288 g/mol. The van der Waals surface area contributed by atoms with E-state index >= 15 is 0 Å². The maximum Gasteiger partial charge on any atom is 0.105 e. The van der Waals surface area contributed by atoms with Crippen molar-refractivity contribution in [1.82, 2.24) is 19.4 Å². The van der Waals surface area contributed by atoms with E-state index in [4.69, 9.17) is 0 Å². The molecule has 116 valence electrons. The van der Waals surface area contributed by atoms with Gasteiger partial charge in [-0.15, -0.1) is 0 Å². The molecule has 0 aromatic carbocycles. The van der Waals surface area contributed by atoms with E-state index in [-0.39, 0.29) is 0 Å². The van der Waals surface area contributed by atoms with Crippen molar-refractivity contribution < 1.29 is 0 Å². The predicted octanol–water partition coefficient (Wildman–Crippen LogP) is 3.39. The summed E-state index contributed by atoms with van der Waals surface area (Å²) in [5.74, 6) is 1.68. The molecular weight excluding hydrogens is 260 g/mol. The molecule has 2 heterocycles. The molecule has 1 unspecified atom stereocenters. The van der Waals surface area contributed by atoms with E-state index < -0.39 is 0 Å². The molecular formula is C17H28N4. The van der Waals surface area contributed by atoms with Gasteiger partial charge < -0.3 is 14.5 Å². The van der Waals surface area contributed by atoms with Gasteiger partial charge in [-0.25, -0.2) is 4.98 Å². The summed E-state index contributed by atoms with van der Waals surface area (Å²) in [7, 11) is 0. The fourth-order valence-corrected chi connectivity index (χ4v) is 2.68. The van der Waals surface area contributed by atoms with Crippen molar-refractivity contribution in [3.63, 3.8) is 0 Å². The highest BCUT2D eigenvalue weighted by Crippen LogP contribution is 2.22. The van der Waals surface area contributed by atoms with Crippen molar-refractivity contribution in [3.05, 3.63) is 42.2 Å². The Hall–Kier alpha value is -1.55. The van der Waals surface area contributed by atoms with Crippen LogP contribution in [-0.2, 0) is 13.1 Å². The molecule has 0 aliphatic carbocycles. The van der Waals surface area contributed by atoms with Gasteiger partial charge in [0.2, 0.25) is 0 Å². The minimum absolute atomic E-state index is 0.446. The van der Waals surface area contributed by atoms with Crippen LogP contribution in [0, 0.1) is 12.8 Å². The number of hydrogen-bond donors (Lipinski definition) is 1. The molecule has 4 heteroatoms. The largest absolute Gasteiger partial charge is 0.352 e. The fraction of sp³-hybridized carbons (Fsp3) is 0.588. The minimum atomic E-state index is 0.446. The Balaban J connectivity index is 1.97. The zero-order valence-electron chi connectivity index (χ0n) is 13.7. The van der Waals surface area contributed by atoms with E-state index in [1.54, 1.807) is 0 Å². The van der Waals surface area contributed by atoms with Gasteiger partial charge in [0.25, 0.3) is 0 Å². The lowest BCUT2D eigenvalue weighted by Crippen LogP contribution is -2.26. The van der Waals surface area contributed by atoms with Crippen LogP contribution in [0.1, 0.15) is 44.6 Å². The number of hydrogen-bond acceptors (Lipinski definition) is 2. The van der Waals surface area contributed by atoms with Crippen LogP contribution in [0.15, 0.2) is 30.9 Å². The van der Waals surface area contributed by atoms with Crippen molar-refractivity contribution in [2.75, 3.05) is 6.54 Å². The molecule has 2 rings (SSSR count). The SMILES string of the molecule is CCCNC(c1ccn(CCn2ccnc2C)c1)C(C)C. The van der Waals surface area contributed by atoms with Gasteiger partial charge in [0.1, 0.15) is 5.82 Å². The summed E-state index contributed by atoms with van der Waals surface area (Å²) in [5.41, 5.74) is 1.39. The molecule has 0 radical (unpaired) electrons. The summed E-state index contributed by atoms with van der Waals surface area (Å²) in [6, 6.07) is 2.69. The second kappa shape index (κ2) is 7.46. The molecule has 0 saturated carbocycles. The Bertz CT molecular complexity index is 538. The third-order valence-corrected chi connectivity index (χ3v) is 3.94. The molecule has 2 aromatic rings. The third kappa shape index (κ3) is 4.21. The van der Waals surface area contributed by atoms with Crippen LogP contribution < -0.4 is 5.32 Å². The van der Waals surface area contributed by atoms with Crippen LogP contribution >= 0.6 is 0 Å². The van der Waals surface area contributed by atoms with E-state index in [2.05, 4.69) is 58.7 Å². The summed E-state index contributed by atoms with van der Waals surface area (Å²) in [6.07, 6.45) is 9.54. The zero-order valence-corrected chi connectivity index (χ0v) is 13.7. The average Bonchev–Trinajstić information content (AvgIpc) is 3.06. The van der Waals surface area contributed by atoms with Gasteiger partial charge >= 0.3 is 0 Å². The molecule has 1 N–H and O–H groups in total. The fourth-order valence-electron chi connectivity index (χ4n) is 2.68. The summed E-state index contributed by atoms with van der Waals surface area (Å²) >= 11 is 0. The van der Waals surface area contributed by atoms with E-state index in [9.17, 15) is 0 Å². The van der Waals surface area contributed by atoms with Gasteiger partial charge in [0, 0.05) is 43.9 Å². The van der Waals surface area contributed by atoms with E-state index in [1.165, 1.54) is 12.0 Å². The maximum absolute atomic E-state index is 4.26. The second-order valence-electron chi connectivity index (χ2n) is 6.03. The Labute approximate surface area is 128 Å². The number of aromatic nitrogens is 3. The first-order valence-electron chi connectivity index (χ1n) is 7.98. The lowest BCUT2D eigenvalue weighted by molar-refractivity contribution is 0.412. The van der Waals surface area contributed by atoms with Crippen LogP contribution in [0.25, 0.3) is 0 Å². The molecule has 1 atom stereocenters. The quantitative estimate of drug-likeness (QED) is 0.808. The van der Waals surface area contributed by atoms with Gasteiger partial charge in [-0.1, -0.05) is 20.8 Å². The van der Waals surface area contributed by atoms with Crippen molar-refractivity contribution in [1.29, 1.82) is 0 Å². The zero-order chi connectivity index (χ0) is 15.2. The maximum atomic E-state index is 4.26. The smallest absolute Gasteiger partial charge is 0.105 e. The lowest BCUT2D eigenvalue weighted by atomic mass is 9.98. The van der Waals surface area contributed by atoms with Gasteiger partial charge in [-0.3, -0.25) is 0 Å². The Morgan fingerprint density at radius 3 is 2.67 bits per heavy atom. The molecule has 0 fully saturated rings. The number of rotatable bonds is 8. The topological polar surface area (TPSA) is 34.8 Å². The highest BCUT2D eigenvalue weighted by molar-refractivity contribution is 5.16. The molecule has 2 aromatic heterocycles. The first kappa shape index (κ1) is 15.8.